The molecule has 0 amide bonds. The van der Waals surface area contributed by atoms with Gasteiger partial charge in [0.1, 0.15) is 44.7 Å². The first-order valence-electron chi connectivity index (χ1n) is 36.0. The van der Waals surface area contributed by atoms with Crippen LogP contribution in [0.3, 0.4) is 0 Å². The summed E-state index contributed by atoms with van der Waals surface area (Å²) in [5.41, 5.74) is 20.9. The van der Waals surface area contributed by atoms with Gasteiger partial charge in [0.25, 0.3) is 0 Å². The number of rotatable bonds is 10. The van der Waals surface area contributed by atoms with Gasteiger partial charge in [0.05, 0.1) is 0 Å². The van der Waals surface area contributed by atoms with Gasteiger partial charge in [0.15, 0.2) is 34.9 Å². The molecule has 6 heterocycles. The third-order valence-corrected chi connectivity index (χ3v) is 20.6. The van der Waals surface area contributed by atoms with Crippen molar-refractivity contribution in [1.82, 2.24) is 29.9 Å². The Balaban J connectivity index is 0.000000138. The predicted octanol–water partition coefficient (Wildman–Crippen LogP) is 26.3. The molecule has 0 aliphatic carbocycles. The zero-order chi connectivity index (χ0) is 71.2. The number of para-hydroxylation sites is 1. The molecule has 0 fully saturated rings. The van der Waals surface area contributed by atoms with Gasteiger partial charge in [-0.1, -0.05) is 273 Å². The number of hydrogen-bond acceptors (Lipinski definition) is 10. The molecule has 6 aromatic heterocycles. The number of benzene rings is 16. The molecule has 10 heteroatoms. The van der Waals surface area contributed by atoms with Crippen LogP contribution in [-0.2, 0) is 0 Å². The van der Waals surface area contributed by atoms with E-state index in [2.05, 4.69) is 261 Å². The summed E-state index contributed by atoms with van der Waals surface area (Å²) >= 11 is 0. The van der Waals surface area contributed by atoms with Crippen LogP contribution in [0.4, 0.5) is 0 Å². The Hall–Kier alpha value is -14.7. The molecular weight excluding hydrogens is 1330 g/mol. The largest absolute Gasteiger partial charge is 0.456 e. The summed E-state index contributed by atoms with van der Waals surface area (Å²) in [6.07, 6.45) is 0. The summed E-state index contributed by atoms with van der Waals surface area (Å²) in [6, 6.07) is 121. The molecule has 22 aromatic rings. The van der Waals surface area contributed by atoms with Crippen LogP contribution in [0, 0.1) is 0 Å². The first-order valence-corrected chi connectivity index (χ1v) is 36.0. The topological polar surface area (TPSA) is 130 Å². The van der Waals surface area contributed by atoms with Crippen molar-refractivity contribution in [3.05, 3.63) is 352 Å². The summed E-state index contributed by atoms with van der Waals surface area (Å²) in [5, 5.41) is 13.2. The summed E-state index contributed by atoms with van der Waals surface area (Å²) in [7, 11) is 0. The smallest absolute Gasteiger partial charge is 0.164 e. The Morgan fingerprint density at radius 3 is 1.00 bits per heavy atom. The van der Waals surface area contributed by atoms with Crippen LogP contribution in [-0.4, -0.2) is 29.9 Å². The Labute approximate surface area is 617 Å². The normalized spacial score (nSPS) is 11.7. The molecule has 0 radical (unpaired) electrons. The van der Waals surface area contributed by atoms with Gasteiger partial charge in [0, 0.05) is 82.0 Å². The number of hydrogen-bond donors (Lipinski definition) is 0. The molecule has 0 unspecified atom stereocenters. The Morgan fingerprint density at radius 2 is 0.491 bits per heavy atom. The lowest BCUT2D eigenvalue weighted by atomic mass is 9.99. The van der Waals surface area contributed by atoms with E-state index in [1.54, 1.807) is 0 Å². The van der Waals surface area contributed by atoms with Crippen molar-refractivity contribution in [1.29, 1.82) is 0 Å². The van der Waals surface area contributed by atoms with Crippen LogP contribution >= 0.6 is 0 Å². The quantitative estimate of drug-likeness (QED) is 0.130. The number of furan rings is 4. The second kappa shape index (κ2) is 25.6. The maximum Gasteiger partial charge on any atom is 0.164 e. The van der Waals surface area contributed by atoms with Crippen LogP contribution in [0.25, 0.3) is 222 Å². The van der Waals surface area contributed by atoms with Gasteiger partial charge in [-0.15, -0.1) is 0 Å². The molecule has 0 bridgehead atoms. The van der Waals surface area contributed by atoms with Gasteiger partial charge in [-0.2, -0.15) is 0 Å². The minimum atomic E-state index is 0.584. The molecule has 0 aliphatic heterocycles. The van der Waals surface area contributed by atoms with Crippen LogP contribution in [0.2, 0.25) is 0 Å². The molecule has 0 aliphatic rings. The Morgan fingerprint density at radius 1 is 0.157 bits per heavy atom. The van der Waals surface area contributed by atoms with E-state index >= 15 is 0 Å². The molecule has 0 saturated carbocycles. The van der Waals surface area contributed by atoms with Gasteiger partial charge < -0.3 is 17.7 Å². The highest BCUT2D eigenvalue weighted by molar-refractivity contribution is 6.17. The fraction of sp³-hybridized carbons (Fsp3) is 0. The molecule has 504 valence electrons. The maximum absolute atomic E-state index is 6.71. The third-order valence-electron chi connectivity index (χ3n) is 20.6. The second-order valence-corrected chi connectivity index (χ2v) is 27.2. The van der Waals surface area contributed by atoms with E-state index in [9.17, 15) is 0 Å². The van der Waals surface area contributed by atoms with Crippen molar-refractivity contribution < 1.29 is 17.7 Å². The van der Waals surface area contributed by atoms with Crippen LogP contribution < -0.4 is 0 Å². The van der Waals surface area contributed by atoms with E-state index in [0.717, 1.165) is 171 Å². The van der Waals surface area contributed by atoms with Gasteiger partial charge >= 0.3 is 0 Å². The molecule has 22 rings (SSSR count). The number of aromatic nitrogens is 6. The zero-order valence-corrected chi connectivity index (χ0v) is 57.8. The predicted molar refractivity (Wildman–Crippen MR) is 438 cm³/mol. The van der Waals surface area contributed by atoms with Crippen molar-refractivity contribution in [2.45, 2.75) is 0 Å². The third kappa shape index (κ3) is 11.1. The van der Waals surface area contributed by atoms with Crippen molar-refractivity contribution >= 4 is 109 Å². The minimum Gasteiger partial charge on any atom is -0.456 e. The second-order valence-electron chi connectivity index (χ2n) is 27.2. The monoisotopic (exact) mass is 1380 g/mol. The molecular formula is C98H58N6O4. The minimum absolute atomic E-state index is 0.584. The highest BCUT2D eigenvalue weighted by Gasteiger charge is 2.23. The lowest BCUT2D eigenvalue weighted by Crippen LogP contribution is -2.00. The Bertz CT molecular complexity index is 7280. The van der Waals surface area contributed by atoms with E-state index in [4.69, 9.17) is 47.6 Å². The highest BCUT2D eigenvalue weighted by atomic mass is 16.3. The van der Waals surface area contributed by atoms with Crippen molar-refractivity contribution in [3.63, 3.8) is 0 Å². The van der Waals surface area contributed by atoms with E-state index in [1.165, 1.54) is 16.2 Å². The molecule has 0 spiro atoms. The lowest BCUT2D eigenvalue weighted by Gasteiger charge is -2.10. The molecule has 108 heavy (non-hydrogen) atoms. The highest BCUT2D eigenvalue weighted by Crippen LogP contribution is 2.44. The Kier molecular flexibility index (Phi) is 14.7. The zero-order valence-electron chi connectivity index (χ0n) is 57.8. The molecule has 10 nitrogen and oxygen atoms in total. The lowest BCUT2D eigenvalue weighted by molar-refractivity contribution is 0.668. The first kappa shape index (κ1) is 61.9. The molecule has 0 N–H and O–H groups in total. The van der Waals surface area contributed by atoms with E-state index in [1.807, 2.05) is 91.0 Å². The molecule has 0 saturated heterocycles. The van der Waals surface area contributed by atoms with Gasteiger partial charge in [-0.05, 0) is 139 Å². The number of nitrogens with zero attached hydrogens (tertiary/aromatic N) is 6. The van der Waals surface area contributed by atoms with E-state index < -0.39 is 0 Å². The summed E-state index contributed by atoms with van der Waals surface area (Å²) in [5.74, 6) is 3.62. The van der Waals surface area contributed by atoms with Gasteiger partial charge in [0.2, 0.25) is 0 Å². The van der Waals surface area contributed by atoms with E-state index in [0.29, 0.717) is 34.9 Å². The fourth-order valence-corrected chi connectivity index (χ4v) is 15.2. The maximum atomic E-state index is 6.71. The fourth-order valence-electron chi connectivity index (χ4n) is 15.2. The average molecular weight is 1380 g/mol. The summed E-state index contributed by atoms with van der Waals surface area (Å²) < 4.78 is 25.9. The summed E-state index contributed by atoms with van der Waals surface area (Å²) in [6.45, 7) is 0. The number of fused-ring (bicyclic) bond motifs is 14. The molecule has 16 aromatic carbocycles. The van der Waals surface area contributed by atoms with Crippen molar-refractivity contribution in [2.75, 3.05) is 0 Å². The van der Waals surface area contributed by atoms with Gasteiger partial charge in [-0.3, -0.25) is 0 Å². The van der Waals surface area contributed by atoms with E-state index in [-0.39, 0.29) is 0 Å². The summed E-state index contributed by atoms with van der Waals surface area (Å²) in [4.78, 5) is 30.1. The van der Waals surface area contributed by atoms with Gasteiger partial charge in [-0.25, -0.2) is 29.9 Å². The van der Waals surface area contributed by atoms with Crippen LogP contribution in [0.1, 0.15) is 0 Å². The van der Waals surface area contributed by atoms with Crippen molar-refractivity contribution in [3.8, 4) is 113 Å². The first-order chi connectivity index (χ1) is 53.4. The molecule has 0 atom stereocenters. The van der Waals surface area contributed by atoms with Crippen molar-refractivity contribution in [2.24, 2.45) is 0 Å². The average Bonchev–Trinajstić information content (AvgIpc) is 1.58. The van der Waals surface area contributed by atoms with Crippen LogP contribution in [0.15, 0.2) is 370 Å². The SMILES string of the molecule is c1ccc(-c2ccc(-c3nc(-c4ccccc4)nc(-c4ccc5c(c4)oc4ccc(-c6ccc7oc8cc9ccccc9cc8c7c6)cc45)n3)cc2)cc1.c1ccc(-c2ccc(-c3nc(-c4ccccc4)nc(-c4cccc5oc6c(-c7ccc8c(c7)oc7cc9ccccc9cc78)cccc6c45)n3)cc2)cc1. The van der Waals surface area contributed by atoms with Crippen LogP contribution in [0.5, 0.6) is 0 Å². The standard InChI is InChI=1S/2C49H29N3O2/c1-3-11-30(12-4-1)31-21-23-33(24-22-31)48-50-47(32-13-5-2-6-14-32)51-49(52-48)40-19-10-20-42-45(40)39-18-9-17-37(46(39)54-42)36-25-26-38-41-27-34-15-7-8-16-35(34)28-44(41)53-43(38)29-36;1-3-9-30(10-4-1)31-15-17-33(18-16-31)48-50-47(32-11-5-2-6-12-32)51-49(52-48)38-19-22-39-40-26-36(20-23-43(40)53-45(39)29-38)37-21-24-44-41(27-37)42-25-34-13-7-8-14-35(34)28-46(42)54-44/h2*1-29H.